The van der Waals surface area contributed by atoms with E-state index in [4.69, 9.17) is 0 Å². The van der Waals surface area contributed by atoms with Gasteiger partial charge in [0.15, 0.2) is 12.4 Å². The van der Waals surface area contributed by atoms with Crippen LogP contribution in [0.15, 0.2) is 47.2 Å². The molecule has 1 N–H and O–H groups in total. The summed E-state index contributed by atoms with van der Waals surface area (Å²) in [5.74, 6) is 0.00285. The molecule has 0 fully saturated rings. The number of anilines is 1. The van der Waals surface area contributed by atoms with Gasteiger partial charge >= 0.3 is 0 Å². The molecule has 0 bridgehead atoms. The van der Waals surface area contributed by atoms with Crippen LogP contribution in [0.1, 0.15) is 36.9 Å². The Morgan fingerprint density at radius 2 is 1.82 bits per heavy atom. The fourth-order valence-electron chi connectivity index (χ4n) is 2.85. The van der Waals surface area contributed by atoms with E-state index in [2.05, 4.69) is 33.5 Å². The number of carbonyl (C=O) groups excluding carboxylic acids is 1. The molecule has 0 spiro atoms. The molecule has 0 saturated heterocycles. The van der Waals surface area contributed by atoms with Crippen molar-refractivity contribution in [3.63, 3.8) is 0 Å². The normalized spacial score (nSPS) is 15.0. The molecule has 1 aliphatic carbocycles. The molecule has 22 heavy (non-hydrogen) atoms. The number of aromatic nitrogens is 1. The maximum Gasteiger partial charge on any atom is 0.293 e. The number of carbonyl (C=O) groups is 1. The smallest absolute Gasteiger partial charge is 0.293 e. The Hall–Kier alpha value is -1.68. The monoisotopic (exact) mass is 359 g/mol. The lowest BCUT2D eigenvalue weighted by atomic mass is 9.93. The van der Waals surface area contributed by atoms with Gasteiger partial charge in [-0.05, 0) is 55.5 Å². The fraction of sp³-hybridized carbons (Fsp3) is 0.333. The lowest BCUT2D eigenvalue weighted by Gasteiger charge is -2.15. The molecular formula is C18H20BrN2O+. The second-order valence-corrected chi connectivity index (χ2v) is 6.74. The van der Waals surface area contributed by atoms with Crippen LogP contribution in [0.4, 0.5) is 5.69 Å². The van der Waals surface area contributed by atoms with Crippen molar-refractivity contribution in [2.75, 3.05) is 5.32 Å². The molecule has 1 amide bonds. The van der Waals surface area contributed by atoms with E-state index in [1.807, 2.05) is 42.0 Å². The highest BCUT2D eigenvalue weighted by Crippen LogP contribution is 2.20. The molecule has 1 atom stereocenters. The number of fused-ring (bicyclic) bond motifs is 1. The minimum Gasteiger partial charge on any atom is -0.320 e. The number of benzene rings is 1. The van der Waals surface area contributed by atoms with Crippen molar-refractivity contribution >= 4 is 27.5 Å². The van der Waals surface area contributed by atoms with E-state index in [9.17, 15) is 4.79 Å². The molecule has 0 radical (unpaired) electrons. The van der Waals surface area contributed by atoms with Gasteiger partial charge in [-0.15, -0.1) is 0 Å². The van der Waals surface area contributed by atoms with Crippen molar-refractivity contribution in [3.8, 4) is 0 Å². The Kier molecular flexibility index (Phi) is 4.57. The van der Waals surface area contributed by atoms with Gasteiger partial charge in [0.1, 0.15) is 0 Å². The molecular weight excluding hydrogens is 340 g/mol. The molecule has 3 rings (SSSR count). The average molecular weight is 360 g/mol. The summed E-state index contributed by atoms with van der Waals surface area (Å²) in [6, 6.07) is 9.57. The number of halogens is 1. The summed E-state index contributed by atoms with van der Waals surface area (Å²) in [7, 11) is 0. The van der Waals surface area contributed by atoms with Crippen molar-refractivity contribution in [1.82, 2.24) is 0 Å². The summed E-state index contributed by atoms with van der Waals surface area (Å²) in [5.41, 5.74) is 3.64. The van der Waals surface area contributed by atoms with Gasteiger partial charge in [-0.2, -0.15) is 4.57 Å². The first kappa shape index (κ1) is 15.2. The van der Waals surface area contributed by atoms with Crippen LogP contribution in [0, 0.1) is 0 Å². The molecule has 2 aromatic rings. The van der Waals surface area contributed by atoms with Gasteiger partial charge in [0.25, 0.3) is 5.91 Å². The fourth-order valence-corrected chi connectivity index (χ4v) is 3.11. The minimum atomic E-state index is -0.226. The van der Waals surface area contributed by atoms with E-state index in [0.29, 0.717) is 0 Å². The third-order valence-corrected chi connectivity index (χ3v) is 4.77. The van der Waals surface area contributed by atoms with E-state index in [1.165, 1.54) is 24.0 Å². The maximum absolute atomic E-state index is 12.4. The zero-order chi connectivity index (χ0) is 15.5. The predicted octanol–water partition coefficient (Wildman–Crippen LogP) is 3.82. The van der Waals surface area contributed by atoms with E-state index in [0.717, 1.165) is 23.0 Å². The summed E-state index contributed by atoms with van der Waals surface area (Å²) >= 11 is 3.40. The molecule has 0 aliphatic heterocycles. The molecule has 1 aromatic heterocycles. The molecule has 0 saturated carbocycles. The number of rotatable bonds is 3. The lowest BCUT2D eigenvalue weighted by Crippen LogP contribution is -2.44. The first-order chi connectivity index (χ1) is 10.6. The third-order valence-electron chi connectivity index (χ3n) is 4.25. The summed E-state index contributed by atoms with van der Waals surface area (Å²) in [6.45, 7) is 1.93. The first-order valence-corrected chi connectivity index (χ1v) is 8.52. The Balaban J connectivity index is 1.73. The Bertz CT molecular complexity index is 682. The zero-order valence-corrected chi connectivity index (χ0v) is 14.3. The van der Waals surface area contributed by atoms with Gasteiger partial charge in [-0.25, -0.2) is 0 Å². The van der Waals surface area contributed by atoms with Gasteiger partial charge in [-0.1, -0.05) is 15.9 Å². The minimum absolute atomic E-state index is 0.00285. The lowest BCUT2D eigenvalue weighted by molar-refractivity contribution is -0.706. The third kappa shape index (κ3) is 3.38. The van der Waals surface area contributed by atoms with Crippen molar-refractivity contribution in [3.05, 3.63) is 58.3 Å². The zero-order valence-electron chi connectivity index (χ0n) is 12.7. The predicted molar refractivity (Wildman–Crippen MR) is 90.8 cm³/mol. The number of pyridine rings is 1. The van der Waals surface area contributed by atoms with Gasteiger partial charge in [0.2, 0.25) is 6.04 Å². The number of nitrogens with one attached hydrogen (secondary N) is 1. The Morgan fingerprint density at radius 1 is 1.14 bits per heavy atom. The topological polar surface area (TPSA) is 33.0 Å². The Labute approximate surface area is 139 Å². The molecule has 1 aromatic carbocycles. The highest BCUT2D eigenvalue weighted by Gasteiger charge is 2.24. The van der Waals surface area contributed by atoms with Crippen molar-refractivity contribution in [1.29, 1.82) is 0 Å². The molecule has 0 unspecified atom stereocenters. The van der Waals surface area contributed by atoms with Crippen LogP contribution in [0.2, 0.25) is 0 Å². The summed E-state index contributed by atoms with van der Waals surface area (Å²) in [6.07, 6.45) is 8.97. The van der Waals surface area contributed by atoms with Gasteiger partial charge in [0, 0.05) is 28.7 Å². The van der Waals surface area contributed by atoms with Crippen LogP contribution in [0.25, 0.3) is 0 Å². The van der Waals surface area contributed by atoms with Crippen LogP contribution in [0.5, 0.6) is 0 Å². The van der Waals surface area contributed by atoms with Crippen molar-refractivity contribution in [2.45, 2.75) is 38.6 Å². The maximum atomic E-state index is 12.4. The van der Waals surface area contributed by atoms with Crippen LogP contribution in [-0.4, -0.2) is 5.91 Å². The standard InChI is InChI=1S/C18H19BrN2O/c1-13(18(22)20-17-8-6-16(19)7-9-17)21-11-10-14-4-2-3-5-15(14)12-21/h6-13H,2-5H2,1H3/p+1/t13-/m1/s1. The summed E-state index contributed by atoms with van der Waals surface area (Å²) in [5, 5.41) is 2.97. The van der Waals surface area contributed by atoms with Gasteiger partial charge < -0.3 is 5.32 Å². The number of aryl methyl sites for hydroxylation is 2. The molecule has 3 nitrogen and oxygen atoms in total. The largest absolute Gasteiger partial charge is 0.320 e. The second kappa shape index (κ2) is 6.61. The number of hydrogen-bond donors (Lipinski definition) is 1. The molecule has 1 heterocycles. The van der Waals surface area contributed by atoms with E-state index in [-0.39, 0.29) is 11.9 Å². The highest BCUT2D eigenvalue weighted by molar-refractivity contribution is 9.10. The number of nitrogens with zero attached hydrogens (tertiary/aromatic N) is 1. The Morgan fingerprint density at radius 3 is 2.55 bits per heavy atom. The molecule has 114 valence electrons. The van der Waals surface area contributed by atoms with Crippen molar-refractivity contribution in [2.24, 2.45) is 0 Å². The number of hydrogen-bond acceptors (Lipinski definition) is 1. The van der Waals surface area contributed by atoms with Gasteiger partial charge in [0.05, 0.1) is 0 Å². The van der Waals surface area contributed by atoms with Crippen LogP contribution < -0.4 is 9.88 Å². The first-order valence-electron chi connectivity index (χ1n) is 7.72. The van der Waals surface area contributed by atoms with Crippen LogP contribution in [0.3, 0.4) is 0 Å². The second-order valence-electron chi connectivity index (χ2n) is 5.82. The van der Waals surface area contributed by atoms with Crippen LogP contribution >= 0.6 is 15.9 Å². The quantitative estimate of drug-likeness (QED) is 0.830. The summed E-state index contributed by atoms with van der Waals surface area (Å²) < 4.78 is 3.01. The van der Waals surface area contributed by atoms with E-state index >= 15 is 0 Å². The van der Waals surface area contributed by atoms with Gasteiger partial charge in [-0.3, -0.25) is 4.79 Å². The summed E-state index contributed by atoms with van der Waals surface area (Å²) in [4.78, 5) is 12.4. The molecule has 1 aliphatic rings. The highest BCUT2D eigenvalue weighted by atomic mass is 79.9. The average Bonchev–Trinajstić information content (AvgIpc) is 2.55. The van der Waals surface area contributed by atoms with E-state index in [1.54, 1.807) is 0 Å². The van der Waals surface area contributed by atoms with Crippen molar-refractivity contribution < 1.29 is 9.36 Å². The molecule has 4 heteroatoms. The van der Waals surface area contributed by atoms with Crippen LogP contribution in [-0.2, 0) is 17.6 Å². The SMILES string of the molecule is C[C@H](C(=O)Nc1ccc(Br)cc1)[n+]1ccc2c(c1)CCCC2. The van der Waals surface area contributed by atoms with E-state index < -0.39 is 0 Å². The number of amides is 1.